The Bertz CT molecular complexity index is 1050. The molecule has 0 radical (unpaired) electrons. The van der Waals surface area contributed by atoms with Crippen LogP contribution < -0.4 is 20.8 Å². The number of alkyl halides is 1. The molecule has 1 aromatic carbocycles. The van der Waals surface area contributed by atoms with Crippen molar-refractivity contribution in [2.75, 3.05) is 31.8 Å². The molecule has 1 aliphatic carbocycles. The van der Waals surface area contributed by atoms with Crippen molar-refractivity contribution >= 4 is 22.6 Å². The number of nitrogens with two attached hydrogens (primary N) is 1. The topological polar surface area (TPSA) is 97.8 Å². The molecule has 162 valence electrons. The first kappa shape index (κ1) is 20.6. The van der Waals surface area contributed by atoms with Gasteiger partial charge in [0, 0.05) is 31.4 Å². The third kappa shape index (κ3) is 3.40. The summed E-state index contributed by atoms with van der Waals surface area (Å²) in [6.07, 6.45) is 4.01. The number of methoxy groups -OCH3 is 1. The van der Waals surface area contributed by atoms with Gasteiger partial charge in [-0.3, -0.25) is 9.18 Å². The largest absolute Gasteiger partial charge is 0.492 e. The normalized spacial score (nSPS) is 21.8. The summed E-state index contributed by atoms with van der Waals surface area (Å²) < 4.78 is 35.3. The summed E-state index contributed by atoms with van der Waals surface area (Å²) >= 11 is 0. The Morgan fingerprint density at radius 3 is 2.67 bits per heavy atom. The number of hydrogen-bond acceptors (Lipinski definition) is 5. The Hall–Kier alpha value is -2.68. The van der Waals surface area contributed by atoms with E-state index >= 15 is 4.39 Å². The van der Waals surface area contributed by atoms with Gasteiger partial charge >= 0.3 is 5.97 Å². The second-order valence-electron chi connectivity index (χ2n) is 8.09. The Labute approximate surface area is 172 Å². The molecule has 4 rings (SSSR count). The van der Waals surface area contributed by atoms with E-state index in [1.54, 1.807) is 9.47 Å². The van der Waals surface area contributed by atoms with Gasteiger partial charge in [0.2, 0.25) is 5.43 Å². The number of fused-ring (bicyclic) bond motifs is 1. The molecule has 9 heteroatoms. The fraction of sp³-hybridized carbons (Fsp3) is 0.524. The van der Waals surface area contributed by atoms with Crippen LogP contribution >= 0.6 is 0 Å². The predicted molar refractivity (Wildman–Crippen MR) is 109 cm³/mol. The number of benzene rings is 1. The molecule has 2 aliphatic rings. The van der Waals surface area contributed by atoms with Crippen LogP contribution in [0.1, 0.15) is 42.1 Å². The lowest BCUT2D eigenvalue weighted by Gasteiger charge is -2.38. The number of hydrogen-bond donors (Lipinski definition) is 2. The number of halogens is 2. The molecular formula is C21H25F2N3O4. The summed E-state index contributed by atoms with van der Waals surface area (Å²) in [5.74, 6) is -1.79. The van der Waals surface area contributed by atoms with Gasteiger partial charge in [-0.25, -0.2) is 9.18 Å². The summed E-state index contributed by atoms with van der Waals surface area (Å²) in [7, 11) is 1.40. The molecule has 2 fully saturated rings. The Morgan fingerprint density at radius 1 is 1.37 bits per heavy atom. The standard InChI is InChI=1S/C21H25F2N3O4/c1-30-20-17-13(19(27)14(21(28)29)9-26(17)12-2-3-12)8-15(23)18(20)25-7-5-11(4-6-22)16(24)10-25/h8-9,11-12,16H,2-7,10,24H2,1H3,(H,28,29)/t11-,16-/m0/s1. The van der Waals surface area contributed by atoms with Crippen LogP contribution in [0.15, 0.2) is 17.1 Å². The first-order valence-electron chi connectivity index (χ1n) is 10.1. The molecule has 2 aromatic rings. The maximum absolute atomic E-state index is 15.3. The van der Waals surface area contributed by atoms with Crippen molar-refractivity contribution in [2.45, 2.75) is 37.8 Å². The van der Waals surface area contributed by atoms with E-state index in [1.807, 2.05) is 0 Å². The summed E-state index contributed by atoms with van der Waals surface area (Å²) in [5, 5.41) is 9.40. The Kier molecular flexibility index (Phi) is 5.40. The average Bonchev–Trinajstić information content (AvgIpc) is 3.54. The third-order valence-electron chi connectivity index (χ3n) is 6.18. The molecule has 1 saturated carbocycles. The molecule has 30 heavy (non-hydrogen) atoms. The van der Waals surface area contributed by atoms with Crippen LogP contribution in [0, 0.1) is 11.7 Å². The van der Waals surface area contributed by atoms with Crippen LogP contribution in [0.4, 0.5) is 14.5 Å². The molecule has 0 spiro atoms. The number of rotatable bonds is 6. The molecule has 0 amide bonds. The lowest BCUT2D eigenvalue weighted by atomic mass is 9.89. The quantitative estimate of drug-likeness (QED) is 0.744. The number of aromatic nitrogens is 1. The Balaban J connectivity index is 1.89. The number of anilines is 1. The first-order chi connectivity index (χ1) is 14.4. The van der Waals surface area contributed by atoms with Crippen LogP contribution in [-0.4, -0.2) is 48.6 Å². The van der Waals surface area contributed by atoms with Gasteiger partial charge in [-0.15, -0.1) is 0 Å². The smallest absolute Gasteiger partial charge is 0.341 e. The molecular weight excluding hydrogens is 396 g/mol. The molecule has 1 aliphatic heterocycles. The highest BCUT2D eigenvalue weighted by Gasteiger charge is 2.33. The monoisotopic (exact) mass is 421 g/mol. The van der Waals surface area contributed by atoms with Crippen molar-refractivity contribution in [3.63, 3.8) is 0 Å². The summed E-state index contributed by atoms with van der Waals surface area (Å²) in [6.45, 7) is 0.383. The van der Waals surface area contributed by atoms with Crippen LogP contribution in [0.5, 0.6) is 5.75 Å². The van der Waals surface area contributed by atoms with Gasteiger partial charge in [0.25, 0.3) is 0 Å². The minimum atomic E-state index is -1.35. The number of carboxylic acids is 1. The van der Waals surface area contributed by atoms with Gasteiger partial charge in [0.1, 0.15) is 11.3 Å². The third-order valence-corrected chi connectivity index (χ3v) is 6.18. The zero-order valence-electron chi connectivity index (χ0n) is 16.7. The number of nitrogens with zero attached hydrogens (tertiary/aromatic N) is 2. The van der Waals surface area contributed by atoms with E-state index in [0.717, 1.165) is 18.9 Å². The van der Waals surface area contributed by atoms with Crippen LogP contribution in [0.3, 0.4) is 0 Å². The van der Waals surface area contributed by atoms with Crippen molar-refractivity contribution in [1.29, 1.82) is 0 Å². The van der Waals surface area contributed by atoms with E-state index in [0.29, 0.717) is 31.4 Å². The van der Waals surface area contributed by atoms with E-state index in [4.69, 9.17) is 10.5 Å². The maximum Gasteiger partial charge on any atom is 0.341 e. The van der Waals surface area contributed by atoms with E-state index < -0.39 is 29.5 Å². The van der Waals surface area contributed by atoms with Gasteiger partial charge in [-0.1, -0.05) is 0 Å². The molecule has 3 N–H and O–H groups in total. The second kappa shape index (κ2) is 7.86. The summed E-state index contributed by atoms with van der Waals surface area (Å²) in [5.41, 5.74) is 5.69. The van der Waals surface area contributed by atoms with Crippen LogP contribution in [0.2, 0.25) is 0 Å². The number of carbonyl (C=O) groups is 1. The molecule has 0 unspecified atom stereocenters. The molecule has 7 nitrogen and oxygen atoms in total. The van der Waals surface area contributed by atoms with Gasteiger partial charge in [0.15, 0.2) is 11.6 Å². The minimum Gasteiger partial charge on any atom is -0.492 e. The lowest BCUT2D eigenvalue weighted by Crippen LogP contribution is -2.49. The molecule has 2 heterocycles. The first-order valence-corrected chi connectivity index (χ1v) is 10.1. The van der Waals surface area contributed by atoms with Crippen molar-refractivity contribution in [3.8, 4) is 5.75 Å². The number of carboxylic acid groups (broad SMARTS) is 1. The van der Waals surface area contributed by atoms with Crippen molar-refractivity contribution < 1.29 is 23.4 Å². The SMILES string of the molecule is COc1c(N2CC[C@H](CCF)[C@@H](N)C2)c(F)cc2c(=O)c(C(=O)O)cn(C3CC3)c12. The van der Waals surface area contributed by atoms with E-state index in [1.165, 1.54) is 13.3 Å². The van der Waals surface area contributed by atoms with E-state index in [-0.39, 0.29) is 34.8 Å². The number of piperidine rings is 1. The molecule has 1 saturated heterocycles. The highest BCUT2D eigenvalue weighted by molar-refractivity contribution is 5.97. The summed E-state index contributed by atoms with van der Waals surface area (Å²) in [6, 6.07) is 0.824. The molecule has 1 aromatic heterocycles. The van der Waals surface area contributed by atoms with Crippen LogP contribution in [-0.2, 0) is 0 Å². The van der Waals surface area contributed by atoms with Gasteiger partial charge in [-0.2, -0.15) is 0 Å². The zero-order chi connectivity index (χ0) is 21.6. The van der Waals surface area contributed by atoms with E-state index in [9.17, 15) is 19.1 Å². The zero-order valence-corrected chi connectivity index (χ0v) is 16.7. The van der Waals surface area contributed by atoms with Crippen molar-refractivity contribution in [3.05, 3.63) is 33.9 Å². The van der Waals surface area contributed by atoms with Gasteiger partial charge in [0.05, 0.1) is 24.7 Å². The molecule has 2 atom stereocenters. The second-order valence-corrected chi connectivity index (χ2v) is 8.09. The minimum absolute atomic E-state index is 0.0171. The predicted octanol–water partition coefficient (Wildman–Crippen LogP) is 2.70. The summed E-state index contributed by atoms with van der Waals surface area (Å²) in [4.78, 5) is 26.1. The Morgan fingerprint density at radius 2 is 2.10 bits per heavy atom. The van der Waals surface area contributed by atoms with E-state index in [2.05, 4.69) is 0 Å². The average molecular weight is 421 g/mol. The van der Waals surface area contributed by atoms with Crippen molar-refractivity contribution in [2.24, 2.45) is 11.7 Å². The number of ether oxygens (including phenoxy) is 1. The van der Waals surface area contributed by atoms with Crippen molar-refractivity contribution in [1.82, 2.24) is 4.57 Å². The number of pyridine rings is 1. The fourth-order valence-corrected chi connectivity index (χ4v) is 4.46. The maximum atomic E-state index is 15.3. The van der Waals surface area contributed by atoms with Gasteiger partial charge < -0.3 is 25.0 Å². The highest BCUT2D eigenvalue weighted by Crippen LogP contribution is 2.44. The van der Waals surface area contributed by atoms with Gasteiger partial charge in [-0.05, 0) is 37.7 Å². The highest BCUT2D eigenvalue weighted by atomic mass is 19.1. The number of aromatic carboxylic acids is 1. The van der Waals surface area contributed by atoms with Crippen LogP contribution in [0.25, 0.3) is 10.9 Å². The lowest BCUT2D eigenvalue weighted by molar-refractivity contribution is 0.0695. The molecule has 0 bridgehead atoms. The fourth-order valence-electron chi connectivity index (χ4n) is 4.46.